The predicted molar refractivity (Wildman–Crippen MR) is 155 cm³/mol. The van der Waals surface area contributed by atoms with Crippen LogP contribution >= 0.6 is 39.1 Å². The van der Waals surface area contributed by atoms with Gasteiger partial charge in [0.05, 0.1) is 20.6 Å². The second kappa shape index (κ2) is 13.5. The highest BCUT2D eigenvalue weighted by molar-refractivity contribution is 9.10. The van der Waals surface area contributed by atoms with Crippen LogP contribution in [0.4, 0.5) is 5.69 Å². The van der Waals surface area contributed by atoms with Gasteiger partial charge < -0.3 is 10.2 Å². The van der Waals surface area contributed by atoms with Crippen molar-refractivity contribution in [3.63, 3.8) is 0 Å². The Balaban J connectivity index is 2.05. The van der Waals surface area contributed by atoms with Crippen molar-refractivity contribution in [2.75, 3.05) is 17.4 Å². The molecule has 0 spiro atoms. The summed E-state index contributed by atoms with van der Waals surface area (Å²) in [5.74, 6) is -0.923. The molecule has 0 aromatic heterocycles. The van der Waals surface area contributed by atoms with Gasteiger partial charge in [0, 0.05) is 17.6 Å². The van der Waals surface area contributed by atoms with Gasteiger partial charge in [-0.3, -0.25) is 13.9 Å². The summed E-state index contributed by atoms with van der Waals surface area (Å²) in [7, 11) is -4.23. The topological polar surface area (TPSA) is 86.8 Å². The first-order valence-corrected chi connectivity index (χ1v) is 14.9. The first kappa shape index (κ1) is 30.0. The molecule has 202 valence electrons. The minimum Gasteiger partial charge on any atom is -0.354 e. The van der Waals surface area contributed by atoms with Crippen LogP contribution in [0.5, 0.6) is 0 Å². The number of carbonyl (C=O) groups excluding carboxylic acids is 2. The first-order chi connectivity index (χ1) is 18.1. The molecule has 3 aromatic carbocycles. The minimum absolute atomic E-state index is 0.00579. The number of rotatable bonds is 11. The molecule has 3 aromatic rings. The molecule has 0 saturated carbocycles. The second-order valence-electron chi connectivity index (χ2n) is 8.52. The summed E-state index contributed by atoms with van der Waals surface area (Å²) >= 11 is 16.1. The Bertz CT molecular complexity index is 1390. The van der Waals surface area contributed by atoms with Crippen LogP contribution in [0, 0.1) is 0 Å². The van der Waals surface area contributed by atoms with Crippen molar-refractivity contribution < 1.29 is 18.0 Å². The fraction of sp³-hybridized carbons (Fsp3) is 0.259. The molecule has 0 radical (unpaired) electrons. The number of hydrogen-bond acceptors (Lipinski definition) is 4. The number of hydrogen-bond donors (Lipinski definition) is 1. The molecule has 0 saturated heterocycles. The van der Waals surface area contributed by atoms with E-state index in [1.54, 1.807) is 31.2 Å². The number of nitrogens with one attached hydrogen (secondary N) is 1. The zero-order valence-corrected chi connectivity index (χ0v) is 24.8. The highest BCUT2D eigenvalue weighted by Gasteiger charge is 2.33. The number of anilines is 1. The maximum absolute atomic E-state index is 13.9. The van der Waals surface area contributed by atoms with Gasteiger partial charge in [-0.05, 0) is 55.3 Å². The maximum atomic E-state index is 13.9. The van der Waals surface area contributed by atoms with Gasteiger partial charge in [0.1, 0.15) is 12.6 Å². The van der Waals surface area contributed by atoms with Crippen molar-refractivity contribution in [3.8, 4) is 0 Å². The van der Waals surface area contributed by atoms with Gasteiger partial charge in [-0.25, -0.2) is 8.42 Å². The fourth-order valence-corrected chi connectivity index (χ4v) is 6.07. The Hall–Kier alpha value is -2.59. The van der Waals surface area contributed by atoms with Crippen molar-refractivity contribution in [2.24, 2.45) is 0 Å². The van der Waals surface area contributed by atoms with Gasteiger partial charge in [0.2, 0.25) is 11.8 Å². The van der Waals surface area contributed by atoms with Crippen LogP contribution in [0.1, 0.15) is 25.8 Å². The molecule has 0 aliphatic heterocycles. The van der Waals surface area contributed by atoms with E-state index in [9.17, 15) is 18.0 Å². The van der Waals surface area contributed by atoms with Crippen LogP contribution in [0.2, 0.25) is 10.0 Å². The molecule has 0 aliphatic carbocycles. The predicted octanol–water partition coefficient (Wildman–Crippen LogP) is 5.89. The zero-order chi connectivity index (χ0) is 27.9. The van der Waals surface area contributed by atoms with E-state index in [4.69, 9.17) is 23.2 Å². The lowest BCUT2D eigenvalue weighted by atomic mass is 10.1. The lowest BCUT2D eigenvalue weighted by Gasteiger charge is -2.32. The number of carbonyl (C=O) groups is 2. The summed E-state index contributed by atoms with van der Waals surface area (Å²) in [6.07, 6.45) is 0.731. The van der Waals surface area contributed by atoms with Crippen molar-refractivity contribution in [1.82, 2.24) is 10.2 Å². The van der Waals surface area contributed by atoms with Crippen molar-refractivity contribution >= 4 is 66.7 Å². The van der Waals surface area contributed by atoms with E-state index >= 15 is 0 Å². The number of benzene rings is 3. The molecule has 0 aliphatic rings. The van der Waals surface area contributed by atoms with E-state index in [2.05, 4.69) is 21.2 Å². The van der Waals surface area contributed by atoms with Gasteiger partial charge >= 0.3 is 0 Å². The summed E-state index contributed by atoms with van der Waals surface area (Å²) in [4.78, 5) is 28.1. The summed E-state index contributed by atoms with van der Waals surface area (Å²) in [6, 6.07) is 18.8. The monoisotopic (exact) mass is 639 g/mol. The van der Waals surface area contributed by atoms with E-state index in [1.165, 1.54) is 29.2 Å². The average Bonchev–Trinajstić information content (AvgIpc) is 2.90. The SMILES string of the molecule is CCCNC(=O)[C@@H](C)N(Cc1cccc(Br)c1)C(=O)CN(c1cccc(Cl)c1Cl)S(=O)(=O)c1ccccc1. The Labute approximate surface area is 241 Å². The third-order valence-corrected chi connectivity index (χ3v) is 8.84. The lowest BCUT2D eigenvalue weighted by Crippen LogP contribution is -2.51. The molecule has 2 amide bonds. The van der Waals surface area contributed by atoms with Crippen LogP contribution in [0.15, 0.2) is 82.2 Å². The number of amides is 2. The first-order valence-electron chi connectivity index (χ1n) is 11.9. The van der Waals surface area contributed by atoms with E-state index < -0.39 is 28.5 Å². The number of halogens is 3. The molecule has 3 rings (SSSR count). The molecule has 11 heteroatoms. The van der Waals surface area contributed by atoms with Crippen LogP contribution < -0.4 is 9.62 Å². The van der Waals surface area contributed by atoms with Crippen molar-refractivity contribution in [2.45, 2.75) is 37.8 Å². The lowest BCUT2D eigenvalue weighted by molar-refractivity contribution is -0.139. The summed E-state index contributed by atoms with van der Waals surface area (Å²) in [5, 5.41) is 2.95. The smallest absolute Gasteiger partial charge is 0.264 e. The van der Waals surface area contributed by atoms with E-state index in [-0.39, 0.29) is 33.1 Å². The molecule has 38 heavy (non-hydrogen) atoms. The zero-order valence-electron chi connectivity index (χ0n) is 20.9. The number of sulfonamides is 1. The Morgan fingerprint density at radius 2 is 1.68 bits per heavy atom. The third kappa shape index (κ3) is 7.28. The van der Waals surface area contributed by atoms with E-state index in [0.717, 1.165) is 20.8 Å². The maximum Gasteiger partial charge on any atom is 0.264 e. The normalized spacial score (nSPS) is 12.0. The van der Waals surface area contributed by atoms with Gasteiger partial charge in [0.15, 0.2) is 0 Å². The third-order valence-electron chi connectivity index (χ3n) is 5.77. The molecular formula is C27H28BrCl2N3O4S. The highest BCUT2D eigenvalue weighted by Crippen LogP contribution is 2.35. The van der Waals surface area contributed by atoms with Gasteiger partial charge in [-0.1, -0.05) is 82.5 Å². The van der Waals surface area contributed by atoms with Crippen LogP contribution in [-0.2, 0) is 26.2 Å². The van der Waals surface area contributed by atoms with Gasteiger partial charge in [-0.15, -0.1) is 0 Å². The molecule has 0 fully saturated rings. The van der Waals surface area contributed by atoms with E-state index in [0.29, 0.717) is 6.54 Å². The molecule has 0 bridgehead atoms. The van der Waals surface area contributed by atoms with E-state index in [1.807, 2.05) is 31.2 Å². The van der Waals surface area contributed by atoms with Crippen LogP contribution in [-0.4, -0.2) is 44.3 Å². The van der Waals surface area contributed by atoms with Crippen molar-refractivity contribution in [1.29, 1.82) is 0 Å². The molecule has 1 atom stereocenters. The minimum atomic E-state index is -4.23. The summed E-state index contributed by atoms with van der Waals surface area (Å²) in [5.41, 5.74) is 0.822. The molecule has 7 nitrogen and oxygen atoms in total. The fourth-order valence-electron chi connectivity index (χ4n) is 3.73. The molecule has 0 heterocycles. The molecular weight excluding hydrogens is 613 g/mol. The largest absolute Gasteiger partial charge is 0.354 e. The standard InChI is InChI=1S/C27H28BrCl2N3O4S/c1-3-15-31-27(35)19(2)32(17-20-9-7-10-21(28)16-20)25(34)18-33(24-14-8-13-23(29)26(24)30)38(36,37)22-11-5-4-6-12-22/h4-14,16,19H,3,15,17-18H2,1-2H3,(H,31,35)/t19-/m1/s1. The quantitative estimate of drug-likeness (QED) is 0.283. The number of nitrogens with zero attached hydrogens (tertiary/aromatic N) is 2. The Morgan fingerprint density at radius 3 is 2.34 bits per heavy atom. The van der Waals surface area contributed by atoms with Gasteiger partial charge in [-0.2, -0.15) is 0 Å². The molecule has 1 N–H and O–H groups in total. The van der Waals surface area contributed by atoms with Crippen LogP contribution in [0.25, 0.3) is 0 Å². The van der Waals surface area contributed by atoms with Crippen LogP contribution in [0.3, 0.4) is 0 Å². The van der Waals surface area contributed by atoms with Crippen molar-refractivity contribution in [3.05, 3.63) is 92.9 Å². The molecule has 0 unspecified atom stereocenters. The average molecular weight is 641 g/mol. The van der Waals surface area contributed by atoms with Gasteiger partial charge in [0.25, 0.3) is 10.0 Å². The highest BCUT2D eigenvalue weighted by atomic mass is 79.9. The summed E-state index contributed by atoms with van der Waals surface area (Å²) < 4.78 is 29.3. The summed E-state index contributed by atoms with van der Waals surface area (Å²) in [6.45, 7) is 3.48. The Kier molecular flexibility index (Phi) is 10.6. The second-order valence-corrected chi connectivity index (χ2v) is 12.1. The Morgan fingerprint density at radius 1 is 1.00 bits per heavy atom.